The number of hydrogen-bond donors (Lipinski definition) is 0. The lowest BCUT2D eigenvalue weighted by atomic mass is 9.96. The van der Waals surface area contributed by atoms with Crippen molar-refractivity contribution in [2.24, 2.45) is 0 Å². The normalized spacial score (nSPS) is 17.4. The summed E-state index contributed by atoms with van der Waals surface area (Å²) in [4.78, 5) is 22.3. The van der Waals surface area contributed by atoms with Crippen LogP contribution >= 0.6 is 0 Å². The van der Waals surface area contributed by atoms with E-state index in [0.717, 1.165) is 24.7 Å². The van der Waals surface area contributed by atoms with E-state index >= 15 is 0 Å². The maximum Gasteiger partial charge on any atom is 0.136 e. The van der Waals surface area contributed by atoms with Gasteiger partial charge in [-0.05, 0) is 6.07 Å². The minimum atomic E-state index is -0.0401. The third kappa shape index (κ3) is 2.81. The number of anilines is 1. The van der Waals surface area contributed by atoms with Crippen molar-refractivity contribution in [2.45, 2.75) is 39.0 Å². The smallest absolute Gasteiger partial charge is 0.136 e. The molecule has 0 saturated carbocycles. The van der Waals surface area contributed by atoms with Crippen LogP contribution in [0.25, 0.3) is 0 Å². The third-order valence-corrected chi connectivity index (χ3v) is 2.96. The van der Waals surface area contributed by atoms with Gasteiger partial charge >= 0.3 is 0 Å². The summed E-state index contributed by atoms with van der Waals surface area (Å²) in [6, 6.07) is 1.92. The van der Waals surface area contributed by atoms with E-state index in [2.05, 4.69) is 35.6 Å². The van der Waals surface area contributed by atoms with Crippen LogP contribution in [0, 0.1) is 0 Å². The molecular formula is C13H19N3O. The molecule has 1 fully saturated rings. The summed E-state index contributed by atoms with van der Waals surface area (Å²) < 4.78 is 0. The van der Waals surface area contributed by atoms with Gasteiger partial charge in [-0.25, -0.2) is 9.97 Å². The predicted molar refractivity (Wildman–Crippen MR) is 67.2 cm³/mol. The van der Waals surface area contributed by atoms with Crippen molar-refractivity contribution in [1.82, 2.24) is 9.97 Å². The number of hydrogen-bond acceptors (Lipinski definition) is 4. The highest BCUT2D eigenvalue weighted by atomic mass is 16.1. The van der Waals surface area contributed by atoms with Gasteiger partial charge in [-0.1, -0.05) is 20.8 Å². The Morgan fingerprint density at radius 1 is 1.24 bits per heavy atom. The molecule has 2 heterocycles. The van der Waals surface area contributed by atoms with Crippen LogP contribution in [-0.4, -0.2) is 28.8 Å². The average Bonchev–Trinajstić information content (AvgIpc) is 2.29. The molecule has 0 atom stereocenters. The predicted octanol–water partition coefficient (Wildman–Crippen LogP) is 1.94. The van der Waals surface area contributed by atoms with Gasteiger partial charge in [0.2, 0.25) is 0 Å². The number of rotatable bonds is 1. The van der Waals surface area contributed by atoms with Gasteiger partial charge in [-0.2, -0.15) is 0 Å². The Morgan fingerprint density at radius 2 is 1.88 bits per heavy atom. The van der Waals surface area contributed by atoms with E-state index in [1.54, 1.807) is 6.20 Å². The van der Waals surface area contributed by atoms with Crippen molar-refractivity contribution in [3.8, 4) is 0 Å². The molecule has 17 heavy (non-hydrogen) atoms. The van der Waals surface area contributed by atoms with Crippen LogP contribution in [0.2, 0.25) is 0 Å². The van der Waals surface area contributed by atoms with Crippen molar-refractivity contribution in [1.29, 1.82) is 0 Å². The highest BCUT2D eigenvalue weighted by molar-refractivity contribution is 5.80. The van der Waals surface area contributed by atoms with E-state index in [1.807, 2.05) is 6.07 Å². The zero-order valence-corrected chi connectivity index (χ0v) is 10.7. The molecule has 1 saturated heterocycles. The molecule has 2 rings (SSSR count). The minimum absolute atomic E-state index is 0.0401. The fourth-order valence-corrected chi connectivity index (χ4v) is 1.87. The van der Waals surface area contributed by atoms with Crippen LogP contribution in [-0.2, 0) is 10.2 Å². The maximum atomic E-state index is 11.2. The van der Waals surface area contributed by atoms with Gasteiger partial charge in [-0.3, -0.25) is 4.79 Å². The summed E-state index contributed by atoms with van der Waals surface area (Å²) >= 11 is 0. The largest absolute Gasteiger partial charge is 0.356 e. The van der Waals surface area contributed by atoms with E-state index in [9.17, 15) is 4.79 Å². The second kappa shape index (κ2) is 4.43. The number of ketones is 1. The Morgan fingerprint density at radius 3 is 2.47 bits per heavy atom. The number of nitrogens with zero attached hydrogens (tertiary/aromatic N) is 3. The van der Waals surface area contributed by atoms with Gasteiger partial charge in [0.1, 0.15) is 17.4 Å². The van der Waals surface area contributed by atoms with Crippen molar-refractivity contribution in [2.75, 3.05) is 18.0 Å². The van der Waals surface area contributed by atoms with E-state index in [-0.39, 0.29) is 5.41 Å². The molecule has 0 N–H and O–H groups in total. The zero-order valence-electron chi connectivity index (χ0n) is 10.7. The molecule has 0 spiro atoms. The highest BCUT2D eigenvalue weighted by Gasteiger charge is 2.21. The highest BCUT2D eigenvalue weighted by Crippen LogP contribution is 2.21. The molecule has 1 aromatic rings. The maximum absolute atomic E-state index is 11.2. The Hall–Kier alpha value is -1.45. The Bertz CT molecular complexity index is 413. The molecule has 0 radical (unpaired) electrons. The van der Waals surface area contributed by atoms with E-state index in [1.165, 1.54) is 0 Å². The summed E-state index contributed by atoms with van der Waals surface area (Å²) in [6.45, 7) is 7.86. The molecule has 0 bridgehead atoms. The van der Waals surface area contributed by atoms with Crippen molar-refractivity contribution >= 4 is 11.6 Å². The number of aromatic nitrogens is 2. The van der Waals surface area contributed by atoms with Crippen molar-refractivity contribution in [3.63, 3.8) is 0 Å². The molecule has 4 heteroatoms. The lowest BCUT2D eigenvalue weighted by Gasteiger charge is -2.28. The van der Waals surface area contributed by atoms with Crippen LogP contribution in [0.5, 0.6) is 0 Å². The molecule has 1 aliphatic rings. The first-order valence-corrected chi connectivity index (χ1v) is 6.07. The van der Waals surface area contributed by atoms with Crippen LogP contribution < -0.4 is 4.90 Å². The molecule has 4 nitrogen and oxygen atoms in total. The lowest BCUT2D eigenvalue weighted by Crippen LogP contribution is -2.34. The summed E-state index contributed by atoms with van der Waals surface area (Å²) in [7, 11) is 0. The molecule has 0 unspecified atom stereocenters. The first-order valence-electron chi connectivity index (χ1n) is 6.07. The third-order valence-electron chi connectivity index (χ3n) is 2.96. The molecule has 92 valence electrons. The second-order valence-electron chi connectivity index (χ2n) is 5.51. The zero-order chi connectivity index (χ0) is 12.5. The number of Topliss-reactive ketones (excluding diaryl/α,β-unsaturated/α-hetero) is 1. The molecular weight excluding hydrogens is 214 g/mol. The standard InChI is InChI=1S/C13H19N3O/c1-13(2,3)12-14-7-4-11(15-12)16-8-5-10(17)6-9-16/h4,7H,5-6,8-9H2,1-3H3. The van der Waals surface area contributed by atoms with Crippen LogP contribution in [0.4, 0.5) is 5.82 Å². The number of carbonyl (C=O) groups is 1. The van der Waals surface area contributed by atoms with E-state index in [0.29, 0.717) is 18.6 Å². The molecule has 1 aromatic heterocycles. The summed E-state index contributed by atoms with van der Waals surface area (Å²) in [5, 5.41) is 0. The topological polar surface area (TPSA) is 46.1 Å². The number of piperidine rings is 1. The Kier molecular flexibility index (Phi) is 3.13. The summed E-state index contributed by atoms with van der Waals surface area (Å²) in [5.41, 5.74) is -0.0401. The molecule has 0 aliphatic carbocycles. The fourth-order valence-electron chi connectivity index (χ4n) is 1.87. The van der Waals surface area contributed by atoms with Crippen LogP contribution in [0.1, 0.15) is 39.4 Å². The SMILES string of the molecule is CC(C)(C)c1nccc(N2CCC(=O)CC2)n1. The van der Waals surface area contributed by atoms with Gasteiger partial charge in [0, 0.05) is 37.5 Å². The van der Waals surface area contributed by atoms with E-state index < -0.39 is 0 Å². The van der Waals surface area contributed by atoms with Crippen LogP contribution in [0.3, 0.4) is 0 Å². The van der Waals surface area contributed by atoms with E-state index in [4.69, 9.17) is 0 Å². The molecule has 1 aliphatic heterocycles. The van der Waals surface area contributed by atoms with Crippen molar-refractivity contribution in [3.05, 3.63) is 18.1 Å². The van der Waals surface area contributed by atoms with Gasteiger partial charge < -0.3 is 4.90 Å². The van der Waals surface area contributed by atoms with Gasteiger partial charge in [-0.15, -0.1) is 0 Å². The number of carbonyl (C=O) groups excluding carboxylic acids is 1. The quantitative estimate of drug-likeness (QED) is 0.743. The summed E-state index contributed by atoms with van der Waals surface area (Å²) in [5.74, 6) is 2.15. The average molecular weight is 233 g/mol. The lowest BCUT2D eigenvalue weighted by molar-refractivity contribution is -0.119. The monoisotopic (exact) mass is 233 g/mol. The van der Waals surface area contributed by atoms with Crippen molar-refractivity contribution < 1.29 is 4.79 Å². The fraction of sp³-hybridized carbons (Fsp3) is 0.615. The first-order chi connectivity index (χ1) is 7.97. The minimum Gasteiger partial charge on any atom is -0.356 e. The van der Waals surface area contributed by atoms with Gasteiger partial charge in [0.15, 0.2) is 0 Å². The molecule has 0 aromatic carbocycles. The molecule has 0 amide bonds. The Labute approximate surface area is 102 Å². The van der Waals surface area contributed by atoms with Crippen LogP contribution in [0.15, 0.2) is 12.3 Å². The second-order valence-corrected chi connectivity index (χ2v) is 5.51. The first kappa shape index (κ1) is 12.0. The summed E-state index contributed by atoms with van der Waals surface area (Å²) in [6.07, 6.45) is 3.07. The van der Waals surface area contributed by atoms with Gasteiger partial charge in [0.05, 0.1) is 0 Å². The Balaban J connectivity index is 2.19. The van der Waals surface area contributed by atoms with Gasteiger partial charge in [0.25, 0.3) is 0 Å².